The van der Waals surface area contributed by atoms with E-state index in [0.29, 0.717) is 44.1 Å². The van der Waals surface area contributed by atoms with Gasteiger partial charge >= 0.3 is 5.97 Å². The highest BCUT2D eigenvalue weighted by Crippen LogP contribution is 2.35. The van der Waals surface area contributed by atoms with E-state index in [1.165, 1.54) is 5.56 Å². The minimum Gasteiger partial charge on any atom is -0.493 e. The summed E-state index contributed by atoms with van der Waals surface area (Å²) < 4.78 is 11.5. The number of hydrogen-bond acceptors (Lipinski definition) is 6. The van der Waals surface area contributed by atoms with E-state index < -0.39 is 5.97 Å². The lowest BCUT2D eigenvalue weighted by molar-refractivity contribution is -0.118. The summed E-state index contributed by atoms with van der Waals surface area (Å²) in [7, 11) is 0. The van der Waals surface area contributed by atoms with Gasteiger partial charge in [0.2, 0.25) is 5.91 Å². The van der Waals surface area contributed by atoms with E-state index in [1.807, 2.05) is 48.2 Å². The van der Waals surface area contributed by atoms with Crippen LogP contribution in [-0.4, -0.2) is 40.3 Å². The van der Waals surface area contributed by atoms with Gasteiger partial charge in [0.25, 0.3) is 5.89 Å². The van der Waals surface area contributed by atoms with Crippen LogP contribution in [0.3, 0.4) is 0 Å². The molecule has 0 atom stereocenters. The Balaban J connectivity index is 1.26. The maximum Gasteiger partial charge on any atom is 0.335 e. The molecule has 0 radical (unpaired) electrons. The van der Waals surface area contributed by atoms with Crippen LogP contribution in [0, 0.1) is 13.8 Å². The van der Waals surface area contributed by atoms with Crippen LogP contribution in [0.2, 0.25) is 0 Å². The highest BCUT2D eigenvalue weighted by molar-refractivity contribution is 5.95. The lowest BCUT2D eigenvalue weighted by Crippen LogP contribution is -2.35. The molecule has 0 saturated carbocycles. The zero-order valence-electron chi connectivity index (χ0n) is 22.1. The smallest absolute Gasteiger partial charge is 0.335 e. The molecule has 0 spiro atoms. The average Bonchev–Trinajstić information content (AvgIpc) is 3.40. The molecule has 1 N–H and O–H groups in total. The van der Waals surface area contributed by atoms with Crippen molar-refractivity contribution in [1.82, 2.24) is 10.1 Å². The van der Waals surface area contributed by atoms with Crippen LogP contribution in [0.1, 0.15) is 57.7 Å². The van der Waals surface area contributed by atoms with Crippen LogP contribution >= 0.6 is 0 Å². The van der Waals surface area contributed by atoms with E-state index >= 15 is 0 Å². The number of carboxylic acid groups (broad SMARTS) is 1. The quantitative estimate of drug-likeness (QED) is 0.276. The molecule has 8 nitrogen and oxygen atoms in total. The molecule has 2 heterocycles. The third-order valence-corrected chi connectivity index (χ3v) is 7.13. The predicted molar refractivity (Wildman–Crippen MR) is 147 cm³/mol. The first-order chi connectivity index (χ1) is 18.9. The maximum atomic E-state index is 13.2. The third-order valence-electron chi connectivity index (χ3n) is 7.13. The molecule has 1 aliphatic rings. The molecule has 3 aromatic carbocycles. The minimum absolute atomic E-state index is 0.0715. The first-order valence-electron chi connectivity index (χ1n) is 13.2. The van der Waals surface area contributed by atoms with Crippen LogP contribution in [0.15, 0.2) is 65.2 Å². The Hall–Kier alpha value is -4.46. The van der Waals surface area contributed by atoms with Crippen molar-refractivity contribution < 1.29 is 24.0 Å². The number of aryl methyl sites for hydroxylation is 1. The number of carbonyl (C=O) groups is 2. The summed E-state index contributed by atoms with van der Waals surface area (Å²) in [5.41, 5.74) is 6.04. The second kappa shape index (κ2) is 11.5. The lowest BCUT2D eigenvalue weighted by Gasteiger charge is -2.30. The first kappa shape index (κ1) is 26.2. The van der Waals surface area contributed by atoms with Crippen molar-refractivity contribution in [2.24, 2.45) is 0 Å². The molecule has 5 rings (SSSR count). The molecular formula is C31H31N3O5. The predicted octanol–water partition coefficient (Wildman–Crippen LogP) is 5.78. The van der Waals surface area contributed by atoms with Gasteiger partial charge in [-0.3, -0.25) is 4.79 Å². The van der Waals surface area contributed by atoms with E-state index in [9.17, 15) is 14.7 Å². The number of aromatic carboxylic acids is 1. The molecule has 200 valence electrons. The van der Waals surface area contributed by atoms with Crippen molar-refractivity contribution in [1.29, 1.82) is 0 Å². The minimum atomic E-state index is -0.977. The Bertz CT molecular complexity index is 1510. The molecule has 0 unspecified atom stereocenters. The molecule has 0 fully saturated rings. The fourth-order valence-corrected chi connectivity index (χ4v) is 4.94. The largest absolute Gasteiger partial charge is 0.493 e. The van der Waals surface area contributed by atoms with Gasteiger partial charge in [-0.2, -0.15) is 4.98 Å². The number of amides is 1. The zero-order chi connectivity index (χ0) is 27.4. The topological polar surface area (TPSA) is 106 Å². The van der Waals surface area contributed by atoms with Crippen molar-refractivity contribution >= 4 is 17.6 Å². The first-order valence-corrected chi connectivity index (χ1v) is 13.2. The molecule has 0 bridgehead atoms. The maximum absolute atomic E-state index is 13.2. The summed E-state index contributed by atoms with van der Waals surface area (Å²) in [5.74, 6) is 0.825. The number of hydrogen-bond donors (Lipinski definition) is 1. The fourth-order valence-electron chi connectivity index (χ4n) is 4.94. The van der Waals surface area contributed by atoms with Gasteiger partial charge < -0.3 is 19.3 Å². The molecular weight excluding hydrogens is 494 g/mol. The standard InChI is InChI=1S/C31H31N3O5/c1-20-8-3-14-27(21(20)2)38-17-7-15-29(35)34-16-6-12-24-25(11-5-13-26(24)34)30-32-28(33-39-30)19-22-9-4-10-23(18-22)31(36)37/h3-5,8-11,13-14,18H,6-7,12,15-17,19H2,1-2H3,(H,36,37). The van der Waals surface area contributed by atoms with Crippen LogP contribution in [0.4, 0.5) is 5.69 Å². The van der Waals surface area contributed by atoms with Gasteiger partial charge in [0.05, 0.1) is 12.2 Å². The second-order valence-corrected chi connectivity index (χ2v) is 9.80. The summed E-state index contributed by atoms with van der Waals surface area (Å²) in [6.07, 6.45) is 3.04. The van der Waals surface area contributed by atoms with Gasteiger partial charge in [-0.05, 0) is 85.7 Å². The molecule has 8 heteroatoms. The summed E-state index contributed by atoms with van der Waals surface area (Å²) in [6, 6.07) is 18.5. The number of fused-ring (bicyclic) bond motifs is 1. The highest BCUT2D eigenvalue weighted by atomic mass is 16.5. The number of ether oxygens (including phenoxy) is 1. The Labute approximate surface area is 227 Å². The van der Waals surface area contributed by atoms with Gasteiger partial charge in [-0.25, -0.2) is 4.79 Å². The molecule has 0 aliphatic carbocycles. The Kier molecular flexibility index (Phi) is 7.72. The van der Waals surface area contributed by atoms with Gasteiger partial charge in [0, 0.05) is 30.6 Å². The van der Waals surface area contributed by atoms with Crippen molar-refractivity contribution in [2.45, 2.75) is 46.0 Å². The van der Waals surface area contributed by atoms with Crippen molar-refractivity contribution in [3.63, 3.8) is 0 Å². The number of anilines is 1. The highest BCUT2D eigenvalue weighted by Gasteiger charge is 2.26. The Morgan fingerprint density at radius 1 is 1.08 bits per heavy atom. The molecule has 1 amide bonds. The summed E-state index contributed by atoms with van der Waals surface area (Å²) in [6.45, 7) is 5.25. The van der Waals surface area contributed by atoms with Crippen molar-refractivity contribution in [2.75, 3.05) is 18.1 Å². The van der Waals surface area contributed by atoms with E-state index in [2.05, 4.69) is 23.1 Å². The van der Waals surface area contributed by atoms with Gasteiger partial charge in [0.1, 0.15) is 5.75 Å². The molecule has 1 aromatic heterocycles. The van der Waals surface area contributed by atoms with E-state index in [1.54, 1.807) is 18.2 Å². The van der Waals surface area contributed by atoms with Crippen LogP contribution in [0.25, 0.3) is 11.5 Å². The van der Waals surface area contributed by atoms with Crippen LogP contribution < -0.4 is 9.64 Å². The van der Waals surface area contributed by atoms with Crippen molar-refractivity contribution in [3.8, 4) is 17.2 Å². The normalized spacial score (nSPS) is 12.7. The number of benzene rings is 3. The number of rotatable bonds is 9. The zero-order valence-corrected chi connectivity index (χ0v) is 22.1. The molecule has 1 aliphatic heterocycles. The summed E-state index contributed by atoms with van der Waals surface area (Å²) >= 11 is 0. The SMILES string of the molecule is Cc1cccc(OCCCC(=O)N2CCCc3c(-c4nc(Cc5cccc(C(=O)O)c5)no4)cccc32)c1C. The number of nitrogens with zero attached hydrogens (tertiary/aromatic N) is 3. The molecule has 39 heavy (non-hydrogen) atoms. The van der Waals surface area contributed by atoms with E-state index in [4.69, 9.17) is 9.26 Å². The molecule has 0 saturated heterocycles. The van der Waals surface area contributed by atoms with E-state index in [0.717, 1.165) is 46.5 Å². The Morgan fingerprint density at radius 2 is 1.90 bits per heavy atom. The number of carboxylic acids is 1. The van der Waals surface area contributed by atoms with E-state index in [-0.39, 0.29) is 11.5 Å². The van der Waals surface area contributed by atoms with Gasteiger partial charge in [-0.15, -0.1) is 0 Å². The van der Waals surface area contributed by atoms with Gasteiger partial charge in [-0.1, -0.05) is 35.5 Å². The lowest BCUT2D eigenvalue weighted by atomic mass is 9.95. The van der Waals surface area contributed by atoms with Crippen molar-refractivity contribution in [3.05, 3.63) is 94.3 Å². The summed E-state index contributed by atoms with van der Waals surface area (Å²) in [5, 5.41) is 13.4. The third kappa shape index (κ3) is 5.85. The average molecular weight is 526 g/mol. The fraction of sp³-hybridized carbons (Fsp3) is 0.290. The second-order valence-electron chi connectivity index (χ2n) is 9.80. The van der Waals surface area contributed by atoms with Crippen LogP contribution in [-0.2, 0) is 17.6 Å². The Morgan fingerprint density at radius 3 is 2.74 bits per heavy atom. The number of aromatic nitrogens is 2. The number of carbonyl (C=O) groups excluding carboxylic acids is 1. The van der Waals surface area contributed by atoms with Crippen LogP contribution in [0.5, 0.6) is 5.75 Å². The molecule has 4 aromatic rings. The monoisotopic (exact) mass is 525 g/mol. The van der Waals surface area contributed by atoms with Gasteiger partial charge in [0.15, 0.2) is 5.82 Å². The summed E-state index contributed by atoms with van der Waals surface area (Å²) in [4.78, 5) is 30.9.